The zero-order valence-corrected chi connectivity index (χ0v) is 13.9. The summed E-state index contributed by atoms with van der Waals surface area (Å²) in [6.45, 7) is 1.31. The largest absolute Gasteiger partial charge is 0.383 e. The number of rotatable bonds is 2. The van der Waals surface area contributed by atoms with Crippen molar-refractivity contribution < 1.29 is 4.74 Å². The van der Waals surface area contributed by atoms with Gasteiger partial charge in [-0.05, 0) is 18.6 Å². The molecule has 1 unspecified atom stereocenters. The first-order valence-corrected chi connectivity index (χ1v) is 8.31. The van der Waals surface area contributed by atoms with Crippen molar-refractivity contribution in [2.45, 2.75) is 12.5 Å². The maximum absolute atomic E-state index is 6.59. The number of halogens is 1. The molecule has 5 rings (SSSR count). The maximum Gasteiger partial charge on any atom is 0.164 e. The lowest BCUT2D eigenvalue weighted by atomic mass is 10.2. The van der Waals surface area contributed by atoms with Crippen molar-refractivity contribution >= 4 is 39.5 Å². The van der Waals surface area contributed by atoms with Gasteiger partial charge in [0.25, 0.3) is 0 Å². The Morgan fingerprint density at radius 3 is 3.04 bits per heavy atom. The molecule has 4 aromatic heterocycles. The van der Waals surface area contributed by atoms with E-state index in [1.54, 1.807) is 6.20 Å². The van der Waals surface area contributed by atoms with Gasteiger partial charge in [0.05, 0.1) is 28.8 Å². The Balaban J connectivity index is 1.82. The normalized spacial score (nSPS) is 17.7. The second-order valence-corrected chi connectivity index (χ2v) is 6.36. The van der Waals surface area contributed by atoms with Crippen LogP contribution in [0, 0.1) is 0 Å². The van der Waals surface area contributed by atoms with Gasteiger partial charge in [-0.2, -0.15) is 5.10 Å². The number of anilines is 1. The highest BCUT2D eigenvalue weighted by Gasteiger charge is 2.27. The summed E-state index contributed by atoms with van der Waals surface area (Å²) in [7, 11) is 0. The van der Waals surface area contributed by atoms with Crippen molar-refractivity contribution in [3.63, 3.8) is 0 Å². The second kappa shape index (κ2) is 5.40. The predicted octanol–water partition coefficient (Wildman–Crippen LogP) is 2.57. The van der Waals surface area contributed by atoms with Gasteiger partial charge in [0.2, 0.25) is 0 Å². The van der Waals surface area contributed by atoms with Crippen LogP contribution in [-0.2, 0) is 4.74 Å². The van der Waals surface area contributed by atoms with Crippen LogP contribution in [0.2, 0.25) is 5.02 Å². The summed E-state index contributed by atoms with van der Waals surface area (Å²) in [4.78, 5) is 16.1. The van der Waals surface area contributed by atoms with Gasteiger partial charge in [0.15, 0.2) is 5.65 Å². The average molecular weight is 356 g/mol. The van der Waals surface area contributed by atoms with Gasteiger partial charge in [0.1, 0.15) is 23.5 Å². The maximum atomic E-state index is 6.59. The Labute approximate surface area is 147 Å². The fourth-order valence-electron chi connectivity index (χ4n) is 3.29. The van der Waals surface area contributed by atoms with Gasteiger partial charge in [-0.3, -0.25) is 0 Å². The van der Waals surface area contributed by atoms with Gasteiger partial charge < -0.3 is 15.5 Å². The van der Waals surface area contributed by atoms with Gasteiger partial charge in [-0.15, -0.1) is 0 Å². The molecule has 1 atom stereocenters. The van der Waals surface area contributed by atoms with E-state index in [2.05, 4.69) is 19.9 Å². The molecule has 8 nitrogen and oxygen atoms in total. The number of aromatic amines is 1. The van der Waals surface area contributed by atoms with E-state index in [-0.39, 0.29) is 6.04 Å². The summed E-state index contributed by atoms with van der Waals surface area (Å²) in [5, 5.41) is 6.84. The third-order valence-corrected chi connectivity index (χ3v) is 4.91. The number of nitrogen functional groups attached to an aromatic ring is 1. The first kappa shape index (κ1) is 14.6. The van der Waals surface area contributed by atoms with Crippen LogP contribution < -0.4 is 5.73 Å². The number of nitrogens with one attached hydrogen (secondary N) is 1. The third kappa shape index (κ3) is 2.11. The molecule has 0 amide bonds. The van der Waals surface area contributed by atoms with E-state index in [4.69, 9.17) is 27.2 Å². The summed E-state index contributed by atoms with van der Waals surface area (Å²) in [5.41, 5.74) is 8.82. The van der Waals surface area contributed by atoms with Gasteiger partial charge in [0, 0.05) is 18.2 Å². The molecule has 0 aromatic carbocycles. The number of ether oxygens (including phenoxy) is 1. The molecule has 9 heteroatoms. The fourth-order valence-corrected chi connectivity index (χ4v) is 3.58. The van der Waals surface area contributed by atoms with Crippen LogP contribution in [0.1, 0.15) is 12.5 Å². The van der Waals surface area contributed by atoms with Crippen molar-refractivity contribution in [2.75, 3.05) is 18.9 Å². The van der Waals surface area contributed by atoms with Crippen molar-refractivity contribution in [3.8, 4) is 11.4 Å². The van der Waals surface area contributed by atoms with E-state index in [9.17, 15) is 0 Å². The van der Waals surface area contributed by atoms with E-state index in [0.29, 0.717) is 52.1 Å². The lowest BCUT2D eigenvalue weighted by Crippen LogP contribution is -2.11. The number of H-pyrrole nitrogens is 1. The lowest BCUT2D eigenvalue weighted by molar-refractivity contribution is 0.185. The van der Waals surface area contributed by atoms with Crippen LogP contribution in [0.5, 0.6) is 0 Å². The van der Waals surface area contributed by atoms with Crippen LogP contribution in [0.3, 0.4) is 0 Å². The smallest absolute Gasteiger partial charge is 0.164 e. The van der Waals surface area contributed by atoms with E-state index >= 15 is 0 Å². The molecule has 0 saturated carbocycles. The zero-order valence-electron chi connectivity index (χ0n) is 13.1. The zero-order chi connectivity index (χ0) is 17.0. The van der Waals surface area contributed by atoms with Crippen LogP contribution >= 0.6 is 11.6 Å². The summed E-state index contributed by atoms with van der Waals surface area (Å²) in [5.74, 6) is 0.368. The average Bonchev–Trinajstić information content (AvgIpc) is 3.33. The van der Waals surface area contributed by atoms with E-state index in [1.165, 1.54) is 6.33 Å². The fraction of sp³-hybridized carbons (Fsp3) is 0.250. The van der Waals surface area contributed by atoms with Crippen LogP contribution in [-0.4, -0.2) is 42.9 Å². The minimum absolute atomic E-state index is 0.117. The summed E-state index contributed by atoms with van der Waals surface area (Å²) in [6, 6.07) is 3.87. The van der Waals surface area contributed by atoms with Crippen LogP contribution in [0.25, 0.3) is 33.5 Å². The number of hydrogen-bond acceptors (Lipinski definition) is 6. The Bertz CT molecular complexity index is 1100. The molecule has 0 aliphatic carbocycles. The van der Waals surface area contributed by atoms with E-state index < -0.39 is 0 Å². The topological polar surface area (TPSA) is 108 Å². The molecular formula is C16H14ClN7O. The van der Waals surface area contributed by atoms with Crippen molar-refractivity contribution in [3.05, 3.63) is 29.7 Å². The molecular weight excluding hydrogens is 342 g/mol. The number of nitrogens with zero attached hydrogens (tertiary/aromatic N) is 5. The minimum Gasteiger partial charge on any atom is -0.383 e. The molecule has 0 radical (unpaired) electrons. The number of aromatic nitrogens is 6. The highest BCUT2D eigenvalue weighted by atomic mass is 35.5. The molecule has 25 heavy (non-hydrogen) atoms. The highest BCUT2D eigenvalue weighted by molar-refractivity contribution is 6.38. The van der Waals surface area contributed by atoms with E-state index in [1.807, 2.05) is 16.8 Å². The Morgan fingerprint density at radius 1 is 1.32 bits per heavy atom. The molecule has 0 spiro atoms. The third-order valence-electron chi connectivity index (χ3n) is 4.51. The number of pyridine rings is 1. The van der Waals surface area contributed by atoms with Gasteiger partial charge in [-0.1, -0.05) is 11.6 Å². The van der Waals surface area contributed by atoms with Crippen LogP contribution in [0.15, 0.2) is 24.7 Å². The summed E-state index contributed by atoms with van der Waals surface area (Å²) < 4.78 is 7.36. The SMILES string of the molecule is Nc1ncnc2c1c(-c1[nH]c3ncccc3c1Cl)nn2C1CCOC1. The predicted molar refractivity (Wildman–Crippen MR) is 94.3 cm³/mol. The number of nitrogens with two attached hydrogens (primary N) is 1. The quantitative estimate of drug-likeness (QED) is 0.572. The molecule has 1 aliphatic rings. The number of fused-ring (bicyclic) bond motifs is 2. The first-order valence-electron chi connectivity index (χ1n) is 7.93. The summed E-state index contributed by atoms with van der Waals surface area (Å²) in [6.07, 6.45) is 4.04. The molecule has 1 aliphatic heterocycles. The molecule has 0 bridgehead atoms. The van der Waals surface area contributed by atoms with Crippen molar-refractivity contribution in [2.24, 2.45) is 0 Å². The molecule has 5 heterocycles. The monoisotopic (exact) mass is 355 g/mol. The summed E-state index contributed by atoms with van der Waals surface area (Å²) >= 11 is 6.59. The first-order chi connectivity index (χ1) is 12.2. The molecule has 3 N–H and O–H groups in total. The number of hydrogen-bond donors (Lipinski definition) is 2. The Kier molecular flexibility index (Phi) is 3.16. The van der Waals surface area contributed by atoms with Crippen LogP contribution in [0.4, 0.5) is 5.82 Å². The van der Waals surface area contributed by atoms with Gasteiger partial charge >= 0.3 is 0 Å². The second-order valence-electron chi connectivity index (χ2n) is 5.98. The standard InChI is InChI=1S/C16H14ClN7O/c17-11-9-2-1-4-19-15(9)22-13(11)12-10-14(18)20-7-21-16(10)24(23-12)8-3-5-25-6-8/h1-2,4,7-8H,3,5-6H2,(H,19,22)(H2,18,20,21). The van der Waals surface area contributed by atoms with Crippen molar-refractivity contribution in [1.29, 1.82) is 0 Å². The molecule has 4 aromatic rings. The minimum atomic E-state index is 0.117. The van der Waals surface area contributed by atoms with E-state index in [0.717, 1.165) is 11.8 Å². The molecule has 126 valence electrons. The Morgan fingerprint density at radius 2 is 2.24 bits per heavy atom. The van der Waals surface area contributed by atoms with Crippen molar-refractivity contribution in [1.82, 2.24) is 29.7 Å². The highest BCUT2D eigenvalue weighted by Crippen LogP contribution is 2.38. The molecule has 1 fully saturated rings. The Hall–Kier alpha value is -2.71. The van der Waals surface area contributed by atoms with Gasteiger partial charge in [-0.25, -0.2) is 19.6 Å². The lowest BCUT2D eigenvalue weighted by Gasteiger charge is -2.08. The molecule has 1 saturated heterocycles.